The first-order valence-electron chi connectivity index (χ1n) is 13.5. The van der Waals surface area contributed by atoms with E-state index in [1.165, 1.54) is 30.5 Å². The number of alkyl halides is 6. The quantitative estimate of drug-likeness (QED) is 0.156. The Morgan fingerprint density at radius 2 is 1.26 bits per heavy atom. The highest BCUT2D eigenvalue weighted by atomic mass is 35.5. The molecule has 2 heterocycles. The number of amides is 2. The van der Waals surface area contributed by atoms with Crippen LogP contribution in [0.4, 0.5) is 26.3 Å². The highest BCUT2D eigenvalue weighted by molar-refractivity contribution is 6.31. The Morgan fingerprint density at radius 3 is 1.78 bits per heavy atom. The number of halogens is 8. The van der Waals surface area contributed by atoms with Crippen molar-refractivity contribution in [3.05, 3.63) is 128 Å². The molecule has 4 rings (SSSR count). The summed E-state index contributed by atoms with van der Waals surface area (Å²) in [5.74, 6) is -1.73. The molecule has 0 unspecified atom stereocenters. The summed E-state index contributed by atoms with van der Waals surface area (Å²) in [5, 5.41) is 3.35. The van der Waals surface area contributed by atoms with Crippen molar-refractivity contribution in [3.63, 3.8) is 0 Å². The number of benzene rings is 2. The van der Waals surface area contributed by atoms with E-state index in [9.17, 15) is 35.9 Å². The van der Waals surface area contributed by atoms with Gasteiger partial charge in [0.2, 0.25) is 0 Å². The zero-order valence-corrected chi connectivity index (χ0v) is 25.8. The molecule has 0 aliphatic rings. The van der Waals surface area contributed by atoms with Gasteiger partial charge in [-0.2, -0.15) is 26.3 Å². The van der Waals surface area contributed by atoms with Crippen molar-refractivity contribution in [3.8, 4) is 0 Å². The number of rotatable bonds is 7. The van der Waals surface area contributed by atoms with E-state index in [1.807, 2.05) is 13.8 Å². The summed E-state index contributed by atoms with van der Waals surface area (Å²) < 4.78 is 77.2. The second-order valence-corrected chi connectivity index (χ2v) is 10.6. The number of aliphatic imine (C=N–C) groups is 1. The van der Waals surface area contributed by atoms with Crippen LogP contribution in [0, 0.1) is 13.8 Å². The van der Waals surface area contributed by atoms with Crippen LogP contribution in [0.2, 0.25) is 10.0 Å². The summed E-state index contributed by atoms with van der Waals surface area (Å²) in [4.78, 5) is 35.7. The van der Waals surface area contributed by atoms with Crippen LogP contribution in [-0.4, -0.2) is 34.5 Å². The summed E-state index contributed by atoms with van der Waals surface area (Å²) in [5.41, 5.74) is 0.0205. The number of nitrogens with zero attached hydrogens (tertiary/aromatic N) is 3. The van der Waals surface area contributed by atoms with Gasteiger partial charge in [-0.25, -0.2) is 4.99 Å². The number of hydrogen-bond acceptors (Lipinski definition) is 4. The maximum Gasteiger partial charge on any atom is 0.417 e. The van der Waals surface area contributed by atoms with Crippen LogP contribution < -0.4 is 5.32 Å². The fraction of sp³-hybridized carbons (Fsp3) is 0.219. The SMILES string of the molecule is Cc1cnc(CC=NC(=O)c2ccccc2C(F)(F)F)c(Cl)c1.Cc1cnc(CCNC(=O)c2ccccc2C(F)(F)F)c(Cl)c1. The number of hydrogen-bond donors (Lipinski definition) is 1. The third-order valence-electron chi connectivity index (χ3n) is 6.19. The molecular weight excluding hydrogens is 657 g/mol. The maximum atomic E-state index is 12.9. The maximum absolute atomic E-state index is 12.9. The zero-order chi connectivity index (χ0) is 34.1. The lowest BCUT2D eigenvalue weighted by atomic mass is 10.1. The summed E-state index contributed by atoms with van der Waals surface area (Å²) in [6.45, 7) is 3.81. The minimum Gasteiger partial charge on any atom is -0.352 e. The Labute approximate surface area is 270 Å². The van der Waals surface area contributed by atoms with Crippen LogP contribution in [0.25, 0.3) is 0 Å². The molecule has 2 aromatic carbocycles. The third-order valence-corrected chi connectivity index (χ3v) is 6.84. The van der Waals surface area contributed by atoms with Gasteiger partial charge in [0.25, 0.3) is 11.8 Å². The molecule has 6 nitrogen and oxygen atoms in total. The van der Waals surface area contributed by atoms with E-state index < -0.39 is 46.4 Å². The fourth-order valence-electron chi connectivity index (χ4n) is 3.98. The molecule has 0 aliphatic carbocycles. The van der Waals surface area contributed by atoms with E-state index >= 15 is 0 Å². The van der Waals surface area contributed by atoms with Gasteiger partial charge in [-0.1, -0.05) is 47.5 Å². The topological polar surface area (TPSA) is 84.3 Å². The van der Waals surface area contributed by atoms with E-state index in [0.29, 0.717) is 27.9 Å². The van der Waals surface area contributed by atoms with Crippen LogP contribution in [-0.2, 0) is 25.2 Å². The van der Waals surface area contributed by atoms with E-state index in [1.54, 1.807) is 24.5 Å². The molecule has 0 atom stereocenters. The van der Waals surface area contributed by atoms with Crippen LogP contribution in [0.1, 0.15) is 54.4 Å². The van der Waals surface area contributed by atoms with E-state index in [0.717, 1.165) is 35.4 Å². The Bertz CT molecular complexity index is 1730. The number of nitrogens with one attached hydrogen (secondary N) is 1. The van der Waals surface area contributed by atoms with Gasteiger partial charge >= 0.3 is 12.4 Å². The molecule has 2 amide bonds. The molecule has 0 radical (unpaired) electrons. The van der Waals surface area contributed by atoms with Gasteiger partial charge in [-0.15, -0.1) is 0 Å². The molecule has 0 fully saturated rings. The third kappa shape index (κ3) is 10.4. The minimum atomic E-state index is -4.61. The number of carbonyl (C=O) groups is 2. The van der Waals surface area contributed by atoms with Crippen molar-refractivity contribution in [1.82, 2.24) is 15.3 Å². The molecule has 2 aromatic heterocycles. The Hall–Kier alpha value is -4.29. The average molecular weight is 683 g/mol. The van der Waals surface area contributed by atoms with E-state index in [4.69, 9.17) is 23.2 Å². The van der Waals surface area contributed by atoms with Crippen molar-refractivity contribution in [2.45, 2.75) is 39.0 Å². The van der Waals surface area contributed by atoms with Gasteiger partial charge in [-0.3, -0.25) is 19.6 Å². The highest BCUT2D eigenvalue weighted by Gasteiger charge is 2.35. The summed E-state index contributed by atoms with van der Waals surface area (Å²) in [6, 6.07) is 12.6. The predicted octanol–water partition coefficient (Wildman–Crippen LogP) is 8.55. The first-order chi connectivity index (χ1) is 21.6. The molecule has 46 heavy (non-hydrogen) atoms. The molecule has 14 heteroatoms. The number of aryl methyl sites for hydroxylation is 2. The van der Waals surface area contributed by atoms with Gasteiger partial charge in [0.1, 0.15) is 0 Å². The first-order valence-corrected chi connectivity index (χ1v) is 14.2. The van der Waals surface area contributed by atoms with Gasteiger partial charge in [0.15, 0.2) is 0 Å². The largest absolute Gasteiger partial charge is 0.417 e. The lowest BCUT2D eigenvalue weighted by molar-refractivity contribution is -0.138. The molecule has 242 valence electrons. The molecule has 0 spiro atoms. The van der Waals surface area contributed by atoms with Gasteiger partial charge in [-0.05, 0) is 61.4 Å². The van der Waals surface area contributed by atoms with E-state index in [2.05, 4.69) is 20.3 Å². The summed E-state index contributed by atoms with van der Waals surface area (Å²) in [6.07, 6.45) is -4.24. The van der Waals surface area contributed by atoms with Gasteiger partial charge in [0.05, 0.1) is 43.7 Å². The van der Waals surface area contributed by atoms with Gasteiger partial charge < -0.3 is 5.32 Å². The lowest BCUT2D eigenvalue weighted by Crippen LogP contribution is -2.28. The Kier molecular flexibility index (Phi) is 12.4. The van der Waals surface area contributed by atoms with Crippen LogP contribution >= 0.6 is 23.2 Å². The highest BCUT2D eigenvalue weighted by Crippen LogP contribution is 2.33. The molecule has 4 aromatic rings. The standard InChI is InChI=1S/C16H14ClF3N2O.C16H12ClF3N2O/c2*1-10-8-13(17)14(22-9-10)6-7-21-15(23)11-4-2-3-5-12(11)16(18,19)20/h2-5,8-9H,6-7H2,1H3,(H,21,23);2-5,7-9H,6H2,1H3. The smallest absolute Gasteiger partial charge is 0.352 e. The van der Waals surface area contributed by atoms with Crippen molar-refractivity contribution in [2.75, 3.05) is 6.54 Å². The number of aromatic nitrogens is 2. The fourth-order valence-corrected chi connectivity index (χ4v) is 4.59. The molecular formula is C32H26Cl2F6N4O2. The Balaban J connectivity index is 0.000000250. The predicted molar refractivity (Wildman–Crippen MR) is 163 cm³/mol. The second kappa shape index (κ2) is 15.8. The summed E-state index contributed by atoms with van der Waals surface area (Å²) in [7, 11) is 0. The zero-order valence-electron chi connectivity index (χ0n) is 24.3. The number of pyridine rings is 2. The second-order valence-electron chi connectivity index (χ2n) is 9.80. The molecule has 1 N–H and O–H groups in total. The monoisotopic (exact) mass is 682 g/mol. The molecule has 0 bridgehead atoms. The normalized spacial score (nSPS) is 11.6. The minimum absolute atomic E-state index is 0.140. The first kappa shape index (κ1) is 36.2. The van der Waals surface area contributed by atoms with Gasteiger partial charge in [0, 0.05) is 38.0 Å². The molecule has 0 aliphatic heterocycles. The summed E-state index contributed by atoms with van der Waals surface area (Å²) >= 11 is 12.0. The lowest BCUT2D eigenvalue weighted by Gasteiger charge is -2.12. The Morgan fingerprint density at radius 1 is 0.783 bits per heavy atom. The number of carbonyl (C=O) groups excluding carboxylic acids is 2. The van der Waals surface area contributed by atoms with E-state index in [-0.39, 0.29) is 13.0 Å². The van der Waals surface area contributed by atoms with Crippen molar-refractivity contribution < 1.29 is 35.9 Å². The van der Waals surface area contributed by atoms with Crippen molar-refractivity contribution in [2.24, 2.45) is 4.99 Å². The molecule has 0 saturated carbocycles. The van der Waals surface area contributed by atoms with Crippen molar-refractivity contribution in [1.29, 1.82) is 0 Å². The van der Waals surface area contributed by atoms with Crippen molar-refractivity contribution >= 4 is 41.2 Å². The van der Waals surface area contributed by atoms with Crippen LogP contribution in [0.5, 0.6) is 0 Å². The molecule has 0 saturated heterocycles. The van der Waals surface area contributed by atoms with Crippen LogP contribution in [0.15, 0.2) is 78.0 Å². The average Bonchev–Trinajstić information content (AvgIpc) is 2.98. The van der Waals surface area contributed by atoms with Crippen LogP contribution in [0.3, 0.4) is 0 Å².